The van der Waals surface area contributed by atoms with E-state index in [1.54, 1.807) is 0 Å². The first-order valence-electron chi connectivity index (χ1n) is 15.7. The molecule has 4 heteroatoms. The Hall–Kier alpha value is -0.630. The standard InChI is InChI=1S/C34H63O3P/c1-28(2)21-17-13-11-15-19-25-35-38(36-26-20-16-12-14-18-22-29(3)4)37-32-24-23-30(33(5,6)7)27-31(32)34(8,9)10/h23-24,27-29H,11-22,25-26H2,1-10H3. The third-order valence-corrected chi connectivity index (χ3v) is 8.20. The van der Waals surface area contributed by atoms with Crippen LogP contribution in [0.4, 0.5) is 0 Å². The average molecular weight is 551 g/mol. The lowest BCUT2D eigenvalue weighted by Gasteiger charge is -2.28. The van der Waals surface area contributed by atoms with Crippen molar-refractivity contribution >= 4 is 8.60 Å². The topological polar surface area (TPSA) is 27.7 Å². The highest BCUT2D eigenvalue weighted by Crippen LogP contribution is 2.45. The largest absolute Gasteiger partial charge is 0.426 e. The van der Waals surface area contributed by atoms with Crippen LogP contribution >= 0.6 is 8.60 Å². The van der Waals surface area contributed by atoms with Crippen molar-refractivity contribution in [1.82, 2.24) is 0 Å². The molecule has 3 nitrogen and oxygen atoms in total. The highest BCUT2D eigenvalue weighted by atomic mass is 31.2. The van der Waals surface area contributed by atoms with Crippen molar-refractivity contribution in [3.05, 3.63) is 29.3 Å². The van der Waals surface area contributed by atoms with E-state index in [2.05, 4.69) is 87.4 Å². The maximum absolute atomic E-state index is 6.50. The van der Waals surface area contributed by atoms with Crippen LogP contribution in [0.15, 0.2) is 18.2 Å². The Morgan fingerprint density at radius 3 is 1.47 bits per heavy atom. The van der Waals surface area contributed by atoms with Gasteiger partial charge in [-0.2, -0.15) is 0 Å². The Labute approximate surface area is 239 Å². The van der Waals surface area contributed by atoms with Gasteiger partial charge in [0.1, 0.15) is 5.75 Å². The molecule has 0 heterocycles. The zero-order valence-corrected chi connectivity index (χ0v) is 27.9. The highest BCUT2D eigenvalue weighted by Gasteiger charge is 2.26. The van der Waals surface area contributed by atoms with E-state index in [4.69, 9.17) is 13.6 Å². The van der Waals surface area contributed by atoms with Crippen LogP contribution in [0.2, 0.25) is 0 Å². The molecule has 0 saturated heterocycles. The molecule has 0 aromatic heterocycles. The summed E-state index contributed by atoms with van der Waals surface area (Å²) >= 11 is 0. The first-order chi connectivity index (χ1) is 17.8. The maximum Gasteiger partial charge on any atom is 0.397 e. The molecule has 0 spiro atoms. The number of hydrogen-bond acceptors (Lipinski definition) is 3. The van der Waals surface area contributed by atoms with E-state index in [0.29, 0.717) is 13.2 Å². The average Bonchev–Trinajstić information content (AvgIpc) is 2.80. The molecule has 0 aliphatic carbocycles. The molecule has 0 N–H and O–H groups in total. The summed E-state index contributed by atoms with van der Waals surface area (Å²) in [5.41, 5.74) is 2.63. The van der Waals surface area contributed by atoms with Crippen molar-refractivity contribution in [2.24, 2.45) is 11.8 Å². The van der Waals surface area contributed by atoms with Gasteiger partial charge in [0.25, 0.3) is 0 Å². The molecule has 0 amide bonds. The summed E-state index contributed by atoms with van der Waals surface area (Å²) in [6.45, 7) is 24.2. The third kappa shape index (κ3) is 16.5. The summed E-state index contributed by atoms with van der Waals surface area (Å²) in [6, 6.07) is 6.65. The van der Waals surface area contributed by atoms with E-state index in [9.17, 15) is 0 Å². The van der Waals surface area contributed by atoms with Crippen molar-refractivity contribution in [2.75, 3.05) is 13.2 Å². The van der Waals surface area contributed by atoms with Gasteiger partial charge < -0.3 is 13.6 Å². The molecule has 0 radical (unpaired) electrons. The minimum absolute atomic E-state index is 0.0242. The fourth-order valence-electron chi connectivity index (χ4n) is 4.48. The molecule has 0 fully saturated rings. The summed E-state index contributed by atoms with van der Waals surface area (Å²) in [5.74, 6) is 2.53. The molecule has 1 aromatic rings. The second-order valence-corrected chi connectivity index (χ2v) is 15.2. The molecule has 222 valence electrons. The fourth-order valence-corrected chi connectivity index (χ4v) is 5.54. The normalized spacial score (nSPS) is 12.8. The van der Waals surface area contributed by atoms with Gasteiger partial charge in [-0.1, -0.05) is 146 Å². The molecular formula is C34H63O3P. The summed E-state index contributed by atoms with van der Waals surface area (Å²) < 4.78 is 19.0. The predicted molar refractivity (Wildman–Crippen MR) is 168 cm³/mol. The summed E-state index contributed by atoms with van der Waals surface area (Å²) in [7, 11) is -1.41. The van der Waals surface area contributed by atoms with Crippen molar-refractivity contribution < 1.29 is 13.6 Å². The number of hydrogen-bond donors (Lipinski definition) is 0. The van der Waals surface area contributed by atoms with Gasteiger partial charge in [0.05, 0.1) is 13.2 Å². The second kappa shape index (κ2) is 18.7. The van der Waals surface area contributed by atoms with Gasteiger partial charge in [-0.3, -0.25) is 0 Å². The fraction of sp³-hybridized carbons (Fsp3) is 0.824. The van der Waals surface area contributed by atoms with Crippen molar-refractivity contribution in [2.45, 2.75) is 157 Å². The van der Waals surface area contributed by atoms with E-state index < -0.39 is 8.60 Å². The molecule has 0 aliphatic heterocycles. The van der Waals surface area contributed by atoms with E-state index >= 15 is 0 Å². The molecule has 1 rings (SSSR count). The zero-order valence-electron chi connectivity index (χ0n) is 27.0. The first-order valence-corrected chi connectivity index (χ1v) is 16.8. The molecule has 0 saturated carbocycles. The molecule has 0 atom stereocenters. The molecular weight excluding hydrogens is 487 g/mol. The lowest BCUT2D eigenvalue weighted by Crippen LogP contribution is -2.17. The van der Waals surface area contributed by atoms with Crippen LogP contribution in [0.5, 0.6) is 5.75 Å². The van der Waals surface area contributed by atoms with Crippen LogP contribution in [0.25, 0.3) is 0 Å². The van der Waals surface area contributed by atoms with E-state index in [0.717, 1.165) is 30.4 Å². The van der Waals surface area contributed by atoms with Gasteiger partial charge >= 0.3 is 8.60 Å². The van der Waals surface area contributed by atoms with Crippen molar-refractivity contribution in [3.8, 4) is 5.75 Å². The summed E-state index contributed by atoms with van der Waals surface area (Å²) in [6.07, 6.45) is 15.1. The summed E-state index contributed by atoms with van der Waals surface area (Å²) in [4.78, 5) is 0. The Bertz CT molecular complexity index is 706. The van der Waals surface area contributed by atoms with Crippen molar-refractivity contribution in [3.63, 3.8) is 0 Å². The quantitative estimate of drug-likeness (QED) is 0.119. The predicted octanol–water partition coefficient (Wildman–Crippen LogP) is 11.9. The zero-order chi connectivity index (χ0) is 28.6. The van der Waals surface area contributed by atoms with Gasteiger partial charge in [0, 0.05) is 5.56 Å². The number of benzene rings is 1. The lowest BCUT2D eigenvalue weighted by molar-refractivity contribution is 0.197. The number of rotatable bonds is 20. The Morgan fingerprint density at radius 1 is 0.605 bits per heavy atom. The minimum Gasteiger partial charge on any atom is -0.426 e. The number of unbranched alkanes of at least 4 members (excludes halogenated alkanes) is 8. The maximum atomic E-state index is 6.50. The molecule has 1 aromatic carbocycles. The van der Waals surface area contributed by atoms with E-state index in [-0.39, 0.29) is 10.8 Å². The molecule has 0 aliphatic rings. The van der Waals surface area contributed by atoms with Crippen LogP contribution in [-0.2, 0) is 19.9 Å². The Kier molecular flexibility index (Phi) is 17.4. The van der Waals surface area contributed by atoms with Crippen LogP contribution in [0.3, 0.4) is 0 Å². The molecule has 0 unspecified atom stereocenters. The van der Waals surface area contributed by atoms with E-state index in [1.807, 2.05) is 0 Å². The smallest absolute Gasteiger partial charge is 0.397 e. The van der Waals surface area contributed by atoms with E-state index in [1.165, 1.54) is 75.3 Å². The highest BCUT2D eigenvalue weighted by molar-refractivity contribution is 7.42. The van der Waals surface area contributed by atoms with Gasteiger partial charge in [0.15, 0.2) is 0 Å². The first kappa shape index (κ1) is 35.4. The van der Waals surface area contributed by atoms with Crippen LogP contribution in [0, 0.1) is 11.8 Å². The molecule has 0 bridgehead atoms. The van der Waals surface area contributed by atoms with Crippen molar-refractivity contribution in [1.29, 1.82) is 0 Å². The van der Waals surface area contributed by atoms with Crippen LogP contribution < -0.4 is 4.52 Å². The minimum atomic E-state index is -1.41. The monoisotopic (exact) mass is 550 g/mol. The molecule has 38 heavy (non-hydrogen) atoms. The van der Waals surface area contributed by atoms with Crippen LogP contribution in [0.1, 0.15) is 157 Å². The Morgan fingerprint density at radius 2 is 1.05 bits per heavy atom. The lowest BCUT2D eigenvalue weighted by atomic mass is 9.80. The SMILES string of the molecule is CC(C)CCCCCCCOP(OCCCCCCCC(C)C)Oc1ccc(C(C)(C)C)cc1C(C)(C)C. The summed E-state index contributed by atoms with van der Waals surface area (Å²) in [5, 5.41) is 0. The van der Waals surface area contributed by atoms with Crippen LogP contribution in [-0.4, -0.2) is 13.2 Å². The second-order valence-electron chi connectivity index (χ2n) is 14.1. The Balaban J connectivity index is 2.69. The van der Waals surface area contributed by atoms with Gasteiger partial charge in [-0.15, -0.1) is 0 Å². The van der Waals surface area contributed by atoms with Gasteiger partial charge in [-0.25, -0.2) is 0 Å². The third-order valence-electron chi connectivity index (χ3n) is 7.07. The van der Waals surface area contributed by atoms with Gasteiger partial charge in [0.2, 0.25) is 0 Å². The van der Waals surface area contributed by atoms with Gasteiger partial charge in [-0.05, 0) is 47.1 Å².